The van der Waals surface area contributed by atoms with E-state index in [4.69, 9.17) is 4.74 Å². The number of imidazole rings is 1. The van der Waals surface area contributed by atoms with Gasteiger partial charge in [0, 0.05) is 37.8 Å². The van der Waals surface area contributed by atoms with Gasteiger partial charge in [-0.3, -0.25) is 4.79 Å². The topological polar surface area (TPSA) is 87.4 Å². The predicted octanol–water partition coefficient (Wildman–Crippen LogP) is 3.36. The van der Waals surface area contributed by atoms with Crippen LogP contribution in [-0.4, -0.2) is 75.2 Å². The molecule has 2 saturated heterocycles. The van der Waals surface area contributed by atoms with Gasteiger partial charge in [-0.05, 0) is 43.2 Å². The van der Waals surface area contributed by atoms with Crippen LogP contribution in [0.3, 0.4) is 0 Å². The first kappa shape index (κ1) is 22.3. The summed E-state index contributed by atoms with van der Waals surface area (Å²) in [5.74, 6) is -2.14. The predicted molar refractivity (Wildman–Crippen MR) is 119 cm³/mol. The molecule has 34 heavy (non-hydrogen) atoms. The molecule has 10 heteroatoms. The highest BCUT2D eigenvalue weighted by molar-refractivity contribution is 5.95. The van der Waals surface area contributed by atoms with E-state index in [1.165, 1.54) is 4.90 Å². The molecule has 178 valence electrons. The largest absolute Gasteiger partial charge is 0.465 e. The number of amides is 2. The number of carbonyl (C=O) groups is 2. The zero-order chi connectivity index (χ0) is 24.0. The van der Waals surface area contributed by atoms with Gasteiger partial charge in [0.25, 0.3) is 5.91 Å². The molecular formula is C24H24F2N4O4. The smallest absolute Gasteiger partial charge is 0.407 e. The number of morpholine rings is 1. The van der Waals surface area contributed by atoms with Crippen molar-refractivity contribution >= 4 is 17.6 Å². The number of hydrogen-bond acceptors (Lipinski definition) is 4. The zero-order valence-electron chi connectivity index (χ0n) is 18.6. The SMILES string of the molecule is Cc1ccn2c(CC3CN(C(=O)O)CCO3)c(-c3c(F)cc(C(=O)N4CCC4)cc3F)nc2c1. The van der Waals surface area contributed by atoms with Crippen LogP contribution in [0, 0.1) is 18.6 Å². The van der Waals surface area contributed by atoms with Crippen LogP contribution in [-0.2, 0) is 11.2 Å². The molecule has 0 bridgehead atoms. The molecule has 1 atom stereocenters. The second kappa shape index (κ2) is 8.68. The lowest BCUT2D eigenvalue weighted by Gasteiger charge is -2.31. The molecule has 5 rings (SSSR count). The number of likely N-dealkylation sites (tertiary alicyclic amines) is 1. The number of benzene rings is 1. The van der Waals surface area contributed by atoms with Gasteiger partial charge in [0.1, 0.15) is 17.3 Å². The summed E-state index contributed by atoms with van der Waals surface area (Å²) in [6.45, 7) is 3.68. The summed E-state index contributed by atoms with van der Waals surface area (Å²) < 4.78 is 38.1. The third kappa shape index (κ3) is 3.98. The van der Waals surface area contributed by atoms with Crippen LogP contribution in [0.5, 0.6) is 0 Å². The van der Waals surface area contributed by atoms with Gasteiger partial charge in [-0.2, -0.15) is 0 Å². The lowest BCUT2D eigenvalue weighted by Crippen LogP contribution is -2.45. The van der Waals surface area contributed by atoms with E-state index in [2.05, 4.69) is 4.98 Å². The van der Waals surface area contributed by atoms with Gasteiger partial charge in [0.2, 0.25) is 0 Å². The summed E-state index contributed by atoms with van der Waals surface area (Å²) in [4.78, 5) is 31.2. The number of ether oxygens (including phenoxy) is 1. The Morgan fingerprint density at radius 1 is 1.15 bits per heavy atom. The minimum absolute atomic E-state index is 0.0349. The Hall–Kier alpha value is -3.53. The van der Waals surface area contributed by atoms with Crippen LogP contribution >= 0.6 is 0 Å². The maximum Gasteiger partial charge on any atom is 0.407 e. The first-order chi connectivity index (χ1) is 16.3. The van der Waals surface area contributed by atoms with Crippen LogP contribution in [0.4, 0.5) is 13.6 Å². The van der Waals surface area contributed by atoms with Crippen LogP contribution in [0.15, 0.2) is 30.5 Å². The molecule has 8 nitrogen and oxygen atoms in total. The van der Waals surface area contributed by atoms with E-state index >= 15 is 8.78 Å². The molecule has 3 aromatic rings. The number of carboxylic acid groups (broad SMARTS) is 1. The molecule has 2 aromatic heterocycles. The minimum Gasteiger partial charge on any atom is -0.465 e. The number of pyridine rings is 1. The number of nitrogens with zero attached hydrogens (tertiary/aromatic N) is 4. The fraction of sp³-hybridized carbons (Fsp3) is 0.375. The molecule has 2 amide bonds. The molecule has 4 heterocycles. The van der Waals surface area contributed by atoms with E-state index in [0.29, 0.717) is 24.4 Å². The highest BCUT2D eigenvalue weighted by Gasteiger charge is 2.30. The summed E-state index contributed by atoms with van der Waals surface area (Å²) in [6.07, 6.45) is 1.31. The minimum atomic E-state index is -1.04. The summed E-state index contributed by atoms with van der Waals surface area (Å²) in [7, 11) is 0. The molecule has 1 N–H and O–H groups in total. The Kier molecular flexibility index (Phi) is 5.68. The molecule has 1 unspecified atom stereocenters. The fourth-order valence-corrected chi connectivity index (χ4v) is 4.45. The van der Waals surface area contributed by atoms with Gasteiger partial charge < -0.3 is 24.0 Å². The summed E-state index contributed by atoms with van der Waals surface area (Å²) in [5.41, 5.74) is 1.70. The van der Waals surface area contributed by atoms with E-state index in [1.807, 2.05) is 13.0 Å². The average Bonchev–Trinajstić information content (AvgIpc) is 3.09. The Morgan fingerprint density at radius 2 is 1.88 bits per heavy atom. The average molecular weight is 470 g/mol. The first-order valence-corrected chi connectivity index (χ1v) is 11.2. The van der Waals surface area contributed by atoms with E-state index < -0.39 is 29.7 Å². The van der Waals surface area contributed by atoms with Gasteiger partial charge in [-0.1, -0.05) is 0 Å². The fourth-order valence-electron chi connectivity index (χ4n) is 4.45. The number of aryl methyl sites for hydroxylation is 1. The van der Waals surface area contributed by atoms with Crippen molar-refractivity contribution in [1.82, 2.24) is 19.2 Å². The van der Waals surface area contributed by atoms with Gasteiger partial charge in [0.15, 0.2) is 0 Å². The Balaban J connectivity index is 1.57. The molecular weight excluding hydrogens is 446 g/mol. The number of aromatic nitrogens is 2. The van der Waals surface area contributed by atoms with Crippen LogP contribution in [0.2, 0.25) is 0 Å². The van der Waals surface area contributed by atoms with Crippen molar-refractivity contribution in [3.8, 4) is 11.3 Å². The second-order valence-corrected chi connectivity index (χ2v) is 8.73. The van der Waals surface area contributed by atoms with Gasteiger partial charge in [0.05, 0.1) is 36.2 Å². The third-order valence-corrected chi connectivity index (χ3v) is 6.38. The highest BCUT2D eigenvalue weighted by atomic mass is 19.1. The van der Waals surface area contributed by atoms with Crippen LogP contribution in [0.25, 0.3) is 16.9 Å². The maximum atomic E-state index is 15.3. The quantitative estimate of drug-likeness (QED) is 0.632. The van der Waals surface area contributed by atoms with Crippen molar-refractivity contribution in [2.24, 2.45) is 0 Å². The molecule has 2 aliphatic heterocycles. The first-order valence-electron chi connectivity index (χ1n) is 11.2. The summed E-state index contributed by atoms with van der Waals surface area (Å²) in [6, 6.07) is 5.77. The van der Waals surface area contributed by atoms with E-state index in [0.717, 1.165) is 24.1 Å². The lowest BCUT2D eigenvalue weighted by atomic mass is 10.0. The molecule has 0 saturated carbocycles. The van der Waals surface area contributed by atoms with Gasteiger partial charge in [-0.25, -0.2) is 18.6 Å². The number of fused-ring (bicyclic) bond motifs is 1. The van der Waals surface area contributed by atoms with E-state index in [1.54, 1.807) is 21.6 Å². The van der Waals surface area contributed by atoms with Gasteiger partial charge >= 0.3 is 6.09 Å². The van der Waals surface area contributed by atoms with Crippen molar-refractivity contribution in [2.45, 2.75) is 25.9 Å². The maximum absolute atomic E-state index is 15.3. The van der Waals surface area contributed by atoms with Crippen molar-refractivity contribution in [1.29, 1.82) is 0 Å². The Bertz CT molecular complexity index is 1260. The molecule has 1 aromatic carbocycles. The van der Waals surface area contributed by atoms with Crippen molar-refractivity contribution in [3.05, 3.63) is 58.9 Å². The van der Waals surface area contributed by atoms with E-state index in [-0.39, 0.29) is 42.9 Å². The van der Waals surface area contributed by atoms with Gasteiger partial charge in [-0.15, -0.1) is 0 Å². The number of hydrogen-bond donors (Lipinski definition) is 1. The molecule has 0 spiro atoms. The highest BCUT2D eigenvalue weighted by Crippen LogP contribution is 2.32. The molecule has 2 aliphatic rings. The second-order valence-electron chi connectivity index (χ2n) is 8.73. The standard InChI is InChI=1S/C24H24F2N4O4/c1-14-3-6-30-19(12-16-13-29(24(32)33)7-8-34-16)22(27-20(30)9-14)21-17(25)10-15(11-18(21)26)23(31)28-4-2-5-28/h3,6,9-11,16H,2,4-5,7-8,12-13H2,1H3,(H,32,33). The third-order valence-electron chi connectivity index (χ3n) is 6.38. The van der Waals surface area contributed by atoms with Crippen molar-refractivity contribution in [3.63, 3.8) is 0 Å². The van der Waals surface area contributed by atoms with Crippen LogP contribution < -0.4 is 0 Å². The molecule has 0 aliphatic carbocycles. The number of carbonyl (C=O) groups excluding carboxylic acids is 1. The number of rotatable bonds is 4. The summed E-state index contributed by atoms with van der Waals surface area (Å²) in [5, 5.41) is 9.34. The normalized spacial score (nSPS) is 18.3. The number of halogens is 2. The van der Waals surface area contributed by atoms with E-state index in [9.17, 15) is 14.7 Å². The Labute approximate surface area is 194 Å². The molecule has 0 radical (unpaired) electrons. The monoisotopic (exact) mass is 470 g/mol. The van der Waals surface area contributed by atoms with Crippen molar-refractivity contribution < 1.29 is 28.2 Å². The Morgan fingerprint density at radius 3 is 2.53 bits per heavy atom. The molecule has 2 fully saturated rings. The van der Waals surface area contributed by atoms with Crippen LogP contribution in [0.1, 0.15) is 28.0 Å². The lowest BCUT2D eigenvalue weighted by molar-refractivity contribution is -0.0214. The zero-order valence-corrected chi connectivity index (χ0v) is 18.6. The van der Waals surface area contributed by atoms with Crippen molar-refractivity contribution in [2.75, 3.05) is 32.8 Å². The summed E-state index contributed by atoms with van der Waals surface area (Å²) >= 11 is 0.